The van der Waals surface area contributed by atoms with Crippen molar-refractivity contribution in [3.63, 3.8) is 0 Å². The second kappa shape index (κ2) is 10.9. The standard InChI is InChI=1S/C32H44N2O3/c1-21(8-6-12-30(37)31-33-28-10-4-5-11-29(28)34(31)3)26-15-16-27-23(9-7-17-32(26,27)2)14-13-22-18-24(35)20-25(36)19-22/h4-5,10-11,13-14,21,24-27,35-36H,6-9,12,15-20H2,1-3H3/b23-14+/t21-,24-,25-,26-,27+,32-/m1/s1. The normalized spacial score (nSPS) is 32.0. The predicted octanol–water partition coefficient (Wildman–Crippen LogP) is 6.54. The van der Waals surface area contributed by atoms with E-state index in [9.17, 15) is 15.0 Å². The number of Topliss-reactive ketones (excluding diaryl/α,β-unsaturated/α-hetero) is 1. The first-order valence-electron chi connectivity index (χ1n) is 14.5. The van der Waals surface area contributed by atoms with Crippen LogP contribution in [0.1, 0.15) is 95.1 Å². The average molecular weight is 505 g/mol. The molecule has 3 aliphatic carbocycles. The van der Waals surface area contributed by atoms with Gasteiger partial charge in [-0.05, 0) is 99.5 Å². The largest absolute Gasteiger partial charge is 0.393 e. The maximum Gasteiger partial charge on any atom is 0.198 e. The number of ketones is 1. The number of rotatable bonds is 7. The van der Waals surface area contributed by atoms with E-state index in [4.69, 9.17) is 0 Å². The molecule has 0 spiro atoms. The minimum absolute atomic E-state index is 0.148. The van der Waals surface area contributed by atoms with Gasteiger partial charge in [-0.25, -0.2) is 4.98 Å². The Bertz CT molecular complexity index is 1180. The lowest BCUT2D eigenvalue weighted by atomic mass is 9.60. The summed E-state index contributed by atoms with van der Waals surface area (Å²) in [5, 5.41) is 20.1. The van der Waals surface area contributed by atoms with Gasteiger partial charge in [0.2, 0.25) is 0 Å². The van der Waals surface area contributed by atoms with Crippen molar-refractivity contribution in [2.24, 2.45) is 30.2 Å². The molecule has 5 heteroatoms. The summed E-state index contributed by atoms with van der Waals surface area (Å²) in [6.45, 7) is 4.92. The smallest absolute Gasteiger partial charge is 0.198 e. The van der Waals surface area contributed by atoms with Gasteiger partial charge in [0.25, 0.3) is 0 Å². The summed E-state index contributed by atoms with van der Waals surface area (Å²) < 4.78 is 1.93. The van der Waals surface area contributed by atoms with Crippen LogP contribution in [0.3, 0.4) is 0 Å². The zero-order valence-corrected chi connectivity index (χ0v) is 22.8. The number of carbonyl (C=O) groups is 1. The van der Waals surface area contributed by atoms with Gasteiger partial charge in [-0.1, -0.05) is 49.3 Å². The summed E-state index contributed by atoms with van der Waals surface area (Å²) in [5.74, 6) is 2.65. The Morgan fingerprint density at radius 1 is 1.19 bits per heavy atom. The fourth-order valence-electron chi connectivity index (χ4n) is 8.04. The number of allylic oxidation sites excluding steroid dienone is 3. The summed E-state index contributed by atoms with van der Waals surface area (Å²) >= 11 is 0. The molecule has 1 aromatic carbocycles. The molecular weight excluding hydrogens is 460 g/mol. The molecule has 0 bridgehead atoms. The topological polar surface area (TPSA) is 75.4 Å². The van der Waals surface area contributed by atoms with E-state index in [-0.39, 0.29) is 5.78 Å². The maximum absolute atomic E-state index is 13.0. The van der Waals surface area contributed by atoms with Gasteiger partial charge in [0.05, 0.1) is 23.2 Å². The monoisotopic (exact) mass is 504 g/mol. The first-order valence-corrected chi connectivity index (χ1v) is 14.5. The molecule has 200 valence electrons. The van der Waals surface area contributed by atoms with E-state index >= 15 is 0 Å². The summed E-state index contributed by atoms with van der Waals surface area (Å²) in [6, 6.07) is 7.94. The molecule has 0 unspecified atom stereocenters. The lowest BCUT2D eigenvalue weighted by molar-refractivity contribution is 0.0609. The zero-order chi connectivity index (χ0) is 26.2. The van der Waals surface area contributed by atoms with E-state index in [1.165, 1.54) is 37.7 Å². The molecule has 3 saturated carbocycles. The highest BCUT2D eigenvalue weighted by atomic mass is 16.3. The zero-order valence-electron chi connectivity index (χ0n) is 22.8. The SMILES string of the molecule is C[C@H](CCCC(=O)c1nc2ccccc2n1C)[C@H]1CC[C@H]2/C(=C/C=C3C[C@@H](O)C[C@H](O)C3)CCC[C@]12C. The van der Waals surface area contributed by atoms with Crippen molar-refractivity contribution in [2.75, 3.05) is 0 Å². The highest BCUT2D eigenvalue weighted by Crippen LogP contribution is 2.59. The van der Waals surface area contributed by atoms with Gasteiger partial charge < -0.3 is 14.8 Å². The molecule has 2 N–H and O–H groups in total. The van der Waals surface area contributed by atoms with Gasteiger partial charge >= 0.3 is 0 Å². The van der Waals surface area contributed by atoms with Crippen molar-refractivity contribution in [2.45, 2.75) is 96.7 Å². The van der Waals surface area contributed by atoms with Crippen LogP contribution in [0.2, 0.25) is 0 Å². The lowest BCUT2D eigenvalue weighted by Crippen LogP contribution is -2.36. The molecule has 0 radical (unpaired) electrons. The van der Waals surface area contributed by atoms with E-state index in [1.54, 1.807) is 5.57 Å². The van der Waals surface area contributed by atoms with Crippen LogP contribution in [0.4, 0.5) is 0 Å². The molecule has 2 aromatic rings. The summed E-state index contributed by atoms with van der Waals surface area (Å²) in [4.78, 5) is 17.6. The number of nitrogens with zero attached hydrogens (tertiary/aromatic N) is 2. The van der Waals surface area contributed by atoms with Crippen LogP contribution in [0, 0.1) is 23.2 Å². The second-order valence-corrected chi connectivity index (χ2v) is 12.4. The third-order valence-electron chi connectivity index (χ3n) is 9.90. The predicted molar refractivity (Wildman–Crippen MR) is 148 cm³/mol. The van der Waals surface area contributed by atoms with Gasteiger partial charge in [0.1, 0.15) is 0 Å². The molecule has 5 nitrogen and oxygen atoms in total. The Kier molecular flexibility index (Phi) is 7.74. The highest BCUT2D eigenvalue weighted by molar-refractivity contribution is 5.96. The molecule has 6 atom stereocenters. The number of fused-ring (bicyclic) bond motifs is 2. The van der Waals surface area contributed by atoms with Gasteiger partial charge in [-0.2, -0.15) is 0 Å². The first-order chi connectivity index (χ1) is 17.8. The van der Waals surface area contributed by atoms with Gasteiger partial charge in [0, 0.05) is 13.5 Å². The van der Waals surface area contributed by atoms with Gasteiger partial charge in [0.15, 0.2) is 11.6 Å². The number of benzene rings is 1. The average Bonchev–Trinajstić information content (AvgIpc) is 3.39. The maximum atomic E-state index is 13.0. The number of hydrogen-bond donors (Lipinski definition) is 2. The van der Waals surface area contributed by atoms with E-state index in [2.05, 4.69) is 31.0 Å². The van der Waals surface area contributed by atoms with Gasteiger partial charge in [-0.15, -0.1) is 0 Å². The number of para-hydroxylation sites is 2. The molecule has 1 heterocycles. The van der Waals surface area contributed by atoms with Crippen LogP contribution in [0.5, 0.6) is 0 Å². The van der Waals surface area contributed by atoms with Crippen molar-refractivity contribution < 1.29 is 15.0 Å². The second-order valence-electron chi connectivity index (χ2n) is 12.4. The minimum Gasteiger partial charge on any atom is -0.393 e. The van der Waals surface area contributed by atoms with Crippen LogP contribution in [-0.4, -0.2) is 37.8 Å². The van der Waals surface area contributed by atoms with Crippen LogP contribution in [0.25, 0.3) is 11.0 Å². The Labute approximate surface area is 221 Å². The molecule has 3 fully saturated rings. The Morgan fingerprint density at radius 2 is 1.95 bits per heavy atom. The molecule has 0 aliphatic heterocycles. The van der Waals surface area contributed by atoms with Crippen molar-refractivity contribution in [3.8, 4) is 0 Å². The molecule has 0 amide bonds. The van der Waals surface area contributed by atoms with Crippen LogP contribution >= 0.6 is 0 Å². The van der Waals surface area contributed by atoms with Crippen molar-refractivity contribution in [3.05, 3.63) is 53.4 Å². The quantitative estimate of drug-likeness (QED) is 0.420. The number of carbonyl (C=O) groups excluding carboxylic acids is 1. The van der Waals surface area contributed by atoms with Gasteiger partial charge in [-0.3, -0.25) is 4.79 Å². The number of imidazole rings is 1. The lowest BCUT2D eigenvalue weighted by Gasteiger charge is -2.44. The van der Waals surface area contributed by atoms with E-state index in [1.807, 2.05) is 35.9 Å². The fourth-order valence-corrected chi connectivity index (χ4v) is 8.04. The van der Waals surface area contributed by atoms with Crippen LogP contribution < -0.4 is 0 Å². The minimum atomic E-state index is -0.412. The molecule has 37 heavy (non-hydrogen) atoms. The van der Waals surface area contributed by atoms with Crippen molar-refractivity contribution in [1.82, 2.24) is 9.55 Å². The number of aromatic nitrogens is 2. The highest BCUT2D eigenvalue weighted by Gasteiger charge is 2.50. The van der Waals surface area contributed by atoms with Crippen molar-refractivity contribution >= 4 is 16.8 Å². The number of aryl methyl sites for hydroxylation is 1. The molecule has 0 saturated heterocycles. The fraction of sp³-hybridized carbons (Fsp3) is 0.625. The van der Waals surface area contributed by atoms with Crippen LogP contribution in [0.15, 0.2) is 47.6 Å². The summed E-state index contributed by atoms with van der Waals surface area (Å²) in [7, 11) is 1.94. The number of aliphatic hydroxyl groups is 2. The molecule has 3 aliphatic rings. The third kappa shape index (κ3) is 5.35. The first kappa shape index (κ1) is 26.4. The molecule has 1 aromatic heterocycles. The number of hydrogen-bond acceptors (Lipinski definition) is 4. The Morgan fingerprint density at radius 3 is 2.70 bits per heavy atom. The van der Waals surface area contributed by atoms with E-state index in [0.29, 0.717) is 54.7 Å². The summed E-state index contributed by atoms with van der Waals surface area (Å²) in [5.41, 5.74) is 4.98. The molecule has 5 rings (SSSR count). The van der Waals surface area contributed by atoms with Crippen molar-refractivity contribution in [1.29, 1.82) is 0 Å². The Balaban J connectivity index is 1.20. The van der Waals surface area contributed by atoms with Crippen LogP contribution in [-0.2, 0) is 7.05 Å². The third-order valence-corrected chi connectivity index (χ3v) is 9.90. The number of aliphatic hydroxyl groups excluding tert-OH is 2. The molecular formula is C32H44N2O3. The Hall–Kier alpha value is -2.24. The summed E-state index contributed by atoms with van der Waals surface area (Å²) in [6.07, 6.45) is 14.4. The van der Waals surface area contributed by atoms with E-state index in [0.717, 1.165) is 23.9 Å². The van der Waals surface area contributed by atoms with E-state index < -0.39 is 12.2 Å².